The summed E-state index contributed by atoms with van der Waals surface area (Å²) in [5.41, 5.74) is 3.75. The number of hydrogen-bond acceptors (Lipinski definition) is 3. The predicted molar refractivity (Wildman–Crippen MR) is 72.6 cm³/mol. The zero-order valence-corrected chi connectivity index (χ0v) is 12.0. The lowest BCUT2D eigenvalue weighted by Gasteiger charge is -2.24. The standard InChI is InChI=1S/C15H21NO3/c1-10-5-11-7-16(14(18)19-15(2,3)4)8-12(11)6-13(10)9-17/h5-6,17H,7-9H2,1-4H3. The van der Waals surface area contributed by atoms with Gasteiger partial charge in [-0.1, -0.05) is 12.1 Å². The van der Waals surface area contributed by atoms with Crippen molar-refractivity contribution in [3.8, 4) is 0 Å². The molecule has 4 heteroatoms. The number of rotatable bonds is 1. The second kappa shape index (κ2) is 4.85. The van der Waals surface area contributed by atoms with Crippen LogP contribution in [0.1, 0.15) is 43.0 Å². The number of aryl methyl sites for hydroxylation is 1. The lowest BCUT2D eigenvalue weighted by atomic mass is 10.0. The average Bonchev–Trinajstić information content (AvgIpc) is 2.68. The number of nitrogens with zero attached hydrogens (tertiary/aromatic N) is 1. The summed E-state index contributed by atoms with van der Waals surface area (Å²) >= 11 is 0. The first kappa shape index (κ1) is 13.9. The topological polar surface area (TPSA) is 49.8 Å². The van der Waals surface area contributed by atoms with Crippen LogP contribution in [0.3, 0.4) is 0 Å². The Bertz CT molecular complexity index is 503. The molecule has 0 spiro atoms. The van der Waals surface area contributed by atoms with E-state index in [9.17, 15) is 9.90 Å². The number of carbonyl (C=O) groups excluding carboxylic acids is 1. The minimum atomic E-state index is -0.474. The van der Waals surface area contributed by atoms with Crippen LogP contribution >= 0.6 is 0 Å². The molecular weight excluding hydrogens is 242 g/mol. The summed E-state index contributed by atoms with van der Waals surface area (Å²) in [6.45, 7) is 8.73. The number of aliphatic hydroxyl groups is 1. The number of ether oxygens (including phenoxy) is 1. The summed E-state index contributed by atoms with van der Waals surface area (Å²) < 4.78 is 5.38. The Hall–Kier alpha value is -1.55. The fourth-order valence-electron chi connectivity index (χ4n) is 2.25. The molecule has 104 valence electrons. The van der Waals surface area contributed by atoms with Gasteiger partial charge in [-0.3, -0.25) is 4.90 Å². The summed E-state index contributed by atoms with van der Waals surface area (Å²) in [6.07, 6.45) is -0.285. The van der Waals surface area contributed by atoms with Crippen molar-refractivity contribution < 1.29 is 14.6 Å². The smallest absolute Gasteiger partial charge is 0.410 e. The minimum Gasteiger partial charge on any atom is -0.444 e. The van der Waals surface area contributed by atoms with Crippen molar-refractivity contribution in [3.05, 3.63) is 34.4 Å². The van der Waals surface area contributed by atoms with Gasteiger partial charge in [0.2, 0.25) is 0 Å². The molecule has 1 aromatic carbocycles. The normalized spacial score (nSPS) is 14.5. The highest BCUT2D eigenvalue weighted by Gasteiger charge is 2.28. The molecule has 0 aliphatic carbocycles. The van der Waals surface area contributed by atoms with Crippen molar-refractivity contribution in [1.29, 1.82) is 0 Å². The molecule has 0 atom stereocenters. The highest BCUT2D eigenvalue weighted by Crippen LogP contribution is 2.27. The number of amides is 1. The van der Waals surface area contributed by atoms with Gasteiger partial charge in [-0.05, 0) is 49.9 Å². The maximum atomic E-state index is 12.0. The van der Waals surface area contributed by atoms with Crippen LogP contribution in [0, 0.1) is 6.92 Å². The number of benzene rings is 1. The number of carbonyl (C=O) groups is 1. The van der Waals surface area contributed by atoms with Gasteiger partial charge < -0.3 is 9.84 Å². The third-order valence-corrected chi connectivity index (χ3v) is 3.20. The largest absolute Gasteiger partial charge is 0.444 e. The molecule has 19 heavy (non-hydrogen) atoms. The quantitative estimate of drug-likeness (QED) is 0.847. The first-order valence-electron chi connectivity index (χ1n) is 6.50. The fraction of sp³-hybridized carbons (Fsp3) is 0.533. The van der Waals surface area contributed by atoms with Crippen molar-refractivity contribution >= 4 is 6.09 Å². The SMILES string of the molecule is Cc1cc2c(cc1CO)CN(C(=O)OC(C)(C)C)C2. The van der Waals surface area contributed by atoms with Crippen molar-refractivity contribution in [1.82, 2.24) is 4.90 Å². The third-order valence-electron chi connectivity index (χ3n) is 3.20. The highest BCUT2D eigenvalue weighted by molar-refractivity contribution is 5.69. The van der Waals surface area contributed by atoms with Gasteiger partial charge >= 0.3 is 6.09 Å². The predicted octanol–water partition coefficient (Wildman–Crippen LogP) is 2.74. The molecule has 0 saturated carbocycles. The second-order valence-electron chi connectivity index (χ2n) is 6.04. The summed E-state index contributed by atoms with van der Waals surface area (Å²) in [5.74, 6) is 0. The van der Waals surface area contributed by atoms with E-state index in [0.29, 0.717) is 13.1 Å². The van der Waals surface area contributed by atoms with Gasteiger partial charge in [0.05, 0.1) is 6.61 Å². The summed E-state index contributed by atoms with van der Waals surface area (Å²) in [6, 6.07) is 4.03. The van der Waals surface area contributed by atoms with E-state index >= 15 is 0 Å². The van der Waals surface area contributed by atoms with Gasteiger partial charge in [0.15, 0.2) is 0 Å². The molecule has 0 fully saturated rings. The van der Waals surface area contributed by atoms with Crippen molar-refractivity contribution in [2.45, 2.75) is 53.0 Å². The van der Waals surface area contributed by atoms with Crippen LogP contribution in [0.2, 0.25) is 0 Å². The van der Waals surface area contributed by atoms with Crippen molar-refractivity contribution in [2.75, 3.05) is 0 Å². The minimum absolute atomic E-state index is 0.0333. The van der Waals surface area contributed by atoms with Gasteiger partial charge in [-0.2, -0.15) is 0 Å². The van der Waals surface area contributed by atoms with E-state index in [4.69, 9.17) is 4.74 Å². The Morgan fingerprint density at radius 3 is 2.42 bits per heavy atom. The molecule has 1 heterocycles. The third kappa shape index (κ3) is 3.07. The maximum absolute atomic E-state index is 12.0. The Morgan fingerprint density at radius 2 is 1.89 bits per heavy atom. The van der Waals surface area contributed by atoms with Crippen LogP contribution in [0.5, 0.6) is 0 Å². The second-order valence-corrected chi connectivity index (χ2v) is 6.04. The lowest BCUT2D eigenvalue weighted by molar-refractivity contribution is 0.0242. The average molecular weight is 263 g/mol. The molecule has 1 aliphatic heterocycles. The van der Waals surface area contributed by atoms with E-state index in [1.807, 2.05) is 39.8 Å². The van der Waals surface area contributed by atoms with Gasteiger partial charge in [-0.15, -0.1) is 0 Å². The van der Waals surface area contributed by atoms with E-state index < -0.39 is 5.60 Å². The number of hydrogen-bond donors (Lipinski definition) is 1. The van der Waals surface area contributed by atoms with Crippen LogP contribution in [0.25, 0.3) is 0 Å². The summed E-state index contributed by atoms with van der Waals surface area (Å²) in [5, 5.41) is 9.27. The van der Waals surface area contributed by atoms with Gasteiger partial charge in [0.1, 0.15) is 5.60 Å². The first-order chi connectivity index (χ1) is 8.80. The Balaban J connectivity index is 2.14. The Morgan fingerprint density at radius 1 is 1.32 bits per heavy atom. The molecule has 0 aromatic heterocycles. The highest BCUT2D eigenvalue weighted by atomic mass is 16.6. The molecule has 1 aliphatic rings. The molecule has 0 radical (unpaired) electrons. The molecule has 1 amide bonds. The van der Waals surface area contributed by atoms with E-state index in [1.54, 1.807) is 4.90 Å². The molecule has 0 unspecified atom stereocenters. The summed E-state index contributed by atoms with van der Waals surface area (Å²) in [7, 11) is 0. The van der Waals surface area contributed by atoms with Crippen molar-refractivity contribution in [3.63, 3.8) is 0 Å². The zero-order valence-electron chi connectivity index (χ0n) is 12.0. The van der Waals surface area contributed by atoms with Crippen LogP contribution in [0.15, 0.2) is 12.1 Å². The van der Waals surface area contributed by atoms with E-state index in [0.717, 1.165) is 22.3 Å². The monoisotopic (exact) mass is 263 g/mol. The molecule has 2 rings (SSSR count). The first-order valence-corrected chi connectivity index (χ1v) is 6.50. The number of fused-ring (bicyclic) bond motifs is 1. The van der Waals surface area contributed by atoms with E-state index in [2.05, 4.69) is 0 Å². The van der Waals surface area contributed by atoms with Crippen LogP contribution in [0.4, 0.5) is 4.79 Å². The van der Waals surface area contributed by atoms with E-state index in [-0.39, 0.29) is 12.7 Å². The van der Waals surface area contributed by atoms with Crippen LogP contribution < -0.4 is 0 Å². The molecular formula is C15H21NO3. The summed E-state index contributed by atoms with van der Waals surface area (Å²) in [4.78, 5) is 13.7. The zero-order chi connectivity index (χ0) is 14.2. The molecule has 4 nitrogen and oxygen atoms in total. The lowest BCUT2D eigenvalue weighted by Crippen LogP contribution is -2.33. The maximum Gasteiger partial charge on any atom is 0.410 e. The van der Waals surface area contributed by atoms with Gasteiger partial charge in [0, 0.05) is 13.1 Å². The molecule has 1 N–H and O–H groups in total. The number of aliphatic hydroxyl groups excluding tert-OH is 1. The van der Waals surface area contributed by atoms with Gasteiger partial charge in [-0.25, -0.2) is 4.79 Å². The Kier molecular flexibility index (Phi) is 3.54. The van der Waals surface area contributed by atoms with Crippen LogP contribution in [-0.4, -0.2) is 21.7 Å². The van der Waals surface area contributed by atoms with Crippen molar-refractivity contribution in [2.24, 2.45) is 0 Å². The Labute approximate surface area is 114 Å². The molecule has 1 aromatic rings. The van der Waals surface area contributed by atoms with Gasteiger partial charge in [0.25, 0.3) is 0 Å². The fourth-order valence-corrected chi connectivity index (χ4v) is 2.25. The van der Waals surface area contributed by atoms with Crippen LogP contribution in [-0.2, 0) is 24.4 Å². The van der Waals surface area contributed by atoms with E-state index in [1.165, 1.54) is 0 Å². The molecule has 0 bridgehead atoms. The molecule has 0 saturated heterocycles.